The fourth-order valence-corrected chi connectivity index (χ4v) is 3.71. The quantitative estimate of drug-likeness (QED) is 0.745. The van der Waals surface area contributed by atoms with Crippen molar-refractivity contribution in [2.45, 2.75) is 45.2 Å². The second-order valence-corrected chi connectivity index (χ2v) is 7.97. The van der Waals surface area contributed by atoms with Gasteiger partial charge in [0.05, 0.1) is 0 Å². The van der Waals surface area contributed by atoms with Crippen molar-refractivity contribution in [1.29, 1.82) is 0 Å². The first kappa shape index (κ1) is 20.3. The molecule has 6 nitrogen and oxygen atoms in total. The molecule has 0 radical (unpaired) electrons. The number of aromatic nitrogens is 1. The van der Waals surface area contributed by atoms with Gasteiger partial charge in [-0.3, -0.25) is 9.59 Å². The van der Waals surface area contributed by atoms with Gasteiger partial charge in [-0.25, -0.2) is 4.98 Å². The van der Waals surface area contributed by atoms with Crippen molar-refractivity contribution < 1.29 is 14.3 Å². The van der Waals surface area contributed by atoms with E-state index in [2.05, 4.69) is 40.1 Å². The van der Waals surface area contributed by atoms with Crippen molar-refractivity contribution in [1.82, 2.24) is 9.88 Å². The Hall–Kier alpha value is -2.41. The zero-order valence-electron chi connectivity index (χ0n) is 16.0. The lowest BCUT2D eigenvalue weighted by Crippen LogP contribution is -2.49. The van der Waals surface area contributed by atoms with Crippen molar-refractivity contribution in [3.05, 3.63) is 52.6 Å². The minimum atomic E-state index is -0.256. The van der Waals surface area contributed by atoms with E-state index >= 15 is 0 Å². The number of hydrogen-bond acceptors (Lipinski definition) is 4. The van der Waals surface area contributed by atoms with Crippen molar-refractivity contribution in [3.8, 4) is 5.75 Å². The van der Waals surface area contributed by atoms with Crippen LogP contribution in [0.2, 0.25) is 0 Å². The summed E-state index contributed by atoms with van der Waals surface area (Å²) in [7, 11) is 0. The SMILES string of the molecule is CC1CCCC(C)N1C(=O)COc1ccc(C(=O)Nc2ccc(Br)cn2)cc1. The summed E-state index contributed by atoms with van der Waals surface area (Å²) < 4.78 is 6.49. The number of rotatable bonds is 5. The number of likely N-dealkylation sites (tertiary alicyclic amines) is 1. The highest BCUT2D eigenvalue weighted by Crippen LogP contribution is 2.23. The summed E-state index contributed by atoms with van der Waals surface area (Å²) in [5.74, 6) is 0.782. The molecule has 28 heavy (non-hydrogen) atoms. The first-order valence-electron chi connectivity index (χ1n) is 9.41. The number of nitrogens with one attached hydrogen (secondary N) is 1. The number of hydrogen-bond donors (Lipinski definition) is 1. The molecule has 2 unspecified atom stereocenters. The molecule has 2 aromatic rings. The van der Waals surface area contributed by atoms with Crippen LogP contribution in [0.4, 0.5) is 5.82 Å². The maximum Gasteiger partial charge on any atom is 0.260 e. The summed E-state index contributed by atoms with van der Waals surface area (Å²) in [4.78, 5) is 30.9. The van der Waals surface area contributed by atoms with Crippen LogP contribution in [-0.4, -0.2) is 40.4 Å². The lowest BCUT2D eigenvalue weighted by molar-refractivity contribution is -0.139. The van der Waals surface area contributed by atoms with Crippen LogP contribution in [0.3, 0.4) is 0 Å². The van der Waals surface area contributed by atoms with E-state index in [9.17, 15) is 9.59 Å². The Balaban J connectivity index is 1.54. The van der Waals surface area contributed by atoms with Gasteiger partial charge in [-0.15, -0.1) is 0 Å². The third-order valence-electron chi connectivity index (χ3n) is 4.93. The van der Waals surface area contributed by atoms with Crippen LogP contribution in [0.1, 0.15) is 43.5 Å². The summed E-state index contributed by atoms with van der Waals surface area (Å²) in [6.45, 7) is 4.17. The van der Waals surface area contributed by atoms with E-state index in [0.29, 0.717) is 17.1 Å². The van der Waals surface area contributed by atoms with E-state index in [4.69, 9.17) is 4.74 Å². The maximum absolute atomic E-state index is 12.5. The molecular weight excluding hydrogens is 422 g/mol. The fourth-order valence-electron chi connectivity index (χ4n) is 3.47. The van der Waals surface area contributed by atoms with Crippen LogP contribution in [0.25, 0.3) is 0 Å². The highest BCUT2D eigenvalue weighted by atomic mass is 79.9. The zero-order valence-corrected chi connectivity index (χ0v) is 17.6. The normalized spacial score (nSPS) is 19.2. The highest BCUT2D eigenvalue weighted by Gasteiger charge is 2.28. The van der Waals surface area contributed by atoms with Crippen LogP contribution in [0.15, 0.2) is 47.1 Å². The smallest absolute Gasteiger partial charge is 0.260 e. The van der Waals surface area contributed by atoms with Gasteiger partial charge < -0.3 is 15.0 Å². The molecule has 7 heteroatoms. The van der Waals surface area contributed by atoms with Gasteiger partial charge in [0.1, 0.15) is 11.6 Å². The summed E-state index contributed by atoms with van der Waals surface area (Å²) >= 11 is 3.31. The van der Waals surface area contributed by atoms with Crippen molar-refractivity contribution in [2.24, 2.45) is 0 Å². The number of anilines is 1. The fraction of sp³-hybridized carbons (Fsp3) is 0.381. The van der Waals surface area contributed by atoms with E-state index < -0.39 is 0 Å². The van der Waals surface area contributed by atoms with Gasteiger partial charge in [0.15, 0.2) is 6.61 Å². The summed E-state index contributed by atoms with van der Waals surface area (Å²) in [6, 6.07) is 10.7. The lowest BCUT2D eigenvalue weighted by Gasteiger charge is -2.38. The number of benzene rings is 1. The second-order valence-electron chi connectivity index (χ2n) is 7.06. The number of piperidine rings is 1. The van der Waals surface area contributed by atoms with Gasteiger partial charge in [-0.2, -0.15) is 0 Å². The van der Waals surface area contributed by atoms with E-state index in [-0.39, 0.29) is 30.5 Å². The van der Waals surface area contributed by atoms with Gasteiger partial charge in [-0.05, 0) is 85.4 Å². The number of carbonyl (C=O) groups excluding carboxylic acids is 2. The minimum absolute atomic E-state index is 0.00262. The van der Waals surface area contributed by atoms with Gasteiger partial charge >= 0.3 is 0 Å². The van der Waals surface area contributed by atoms with Gasteiger partial charge in [0.25, 0.3) is 11.8 Å². The van der Waals surface area contributed by atoms with Crippen molar-refractivity contribution in [2.75, 3.05) is 11.9 Å². The monoisotopic (exact) mass is 445 g/mol. The van der Waals surface area contributed by atoms with Gasteiger partial charge in [0, 0.05) is 28.3 Å². The topological polar surface area (TPSA) is 71.5 Å². The number of halogens is 1. The molecule has 1 N–H and O–H groups in total. The van der Waals surface area contributed by atoms with Gasteiger partial charge in [-0.1, -0.05) is 0 Å². The summed E-state index contributed by atoms with van der Waals surface area (Å²) in [6.07, 6.45) is 4.85. The van der Waals surface area contributed by atoms with Crippen molar-refractivity contribution in [3.63, 3.8) is 0 Å². The zero-order chi connectivity index (χ0) is 20.1. The van der Waals surface area contributed by atoms with Crippen molar-refractivity contribution >= 4 is 33.6 Å². The first-order valence-corrected chi connectivity index (χ1v) is 10.2. The predicted octanol–water partition coefficient (Wildman–Crippen LogP) is 4.26. The third kappa shape index (κ3) is 5.10. The number of pyridine rings is 1. The molecule has 0 saturated carbocycles. The van der Waals surface area contributed by atoms with Crippen LogP contribution in [0.5, 0.6) is 5.75 Å². The Morgan fingerprint density at radius 2 is 1.82 bits per heavy atom. The molecule has 1 aromatic heterocycles. The Bertz CT molecular complexity index is 814. The molecule has 3 rings (SSSR count). The predicted molar refractivity (Wildman–Crippen MR) is 111 cm³/mol. The number of nitrogens with zero attached hydrogens (tertiary/aromatic N) is 2. The Morgan fingerprint density at radius 3 is 2.43 bits per heavy atom. The third-order valence-corrected chi connectivity index (χ3v) is 5.40. The number of carbonyl (C=O) groups is 2. The molecule has 148 valence electrons. The molecule has 1 fully saturated rings. The summed E-state index contributed by atoms with van der Waals surface area (Å²) in [5.41, 5.74) is 0.488. The Kier molecular flexibility index (Phi) is 6.67. The molecule has 0 spiro atoms. The molecule has 2 atom stereocenters. The van der Waals surface area contributed by atoms with Gasteiger partial charge in [0.2, 0.25) is 0 Å². The largest absolute Gasteiger partial charge is 0.484 e. The standard InChI is InChI=1S/C21H24BrN3O3/c1-14-4-3-5-15(2)25(14)20(26)13-28-18-9-6-16(7-10-18)21(27)24-19-11-8-17(22)12-23-19/h6-12,14-15H,3-5,13H2,1-2H3,(H,23,24,27). The van der Waals surface area contributed by atoms with Crippen LogP contribution in [-0.2, 0) is 4.79 Å². The van der Waals surface area contributed by atoms with E-state index in [1.54, 1.807) is 42.6 Å². The molecular formula is C21H24BrN3O3. The van der Waals surface area contributed by atoms with E-state index in [1.807, 2.05) is 4.90 Å². The maximum atomic E-state index is 12.5. The van der Waals surface area contributed by atoms with Crippen LogP contribution >= 0.6 is 15.9 Å². The number of ether oxygens (including phenoxy) is 1. The molecule has 1 saturated heterocycles. The van der Waals surface area contributed by atoms with E-state index in [1.165, 1.54) is 0 Å². The molecule has 0 aliphatic carbocycles. The first-order chi connectivity index (χ1) is 13.4. The highest BCUT2D eigenvalue weighted by molar-refractivity contribution is 9.10. The lowest BCUT2D eigenvalue weighted by atomic mass is 9.97. The second kappa shape index (κ2) is 9.19. The average molecular weight is 446 g/mol. The van der Waals surface area contributed by atoms with Crippen LogP contribution in [0, 0.1) is 0 Å². The summed E-state index contributed by atoms with van der Waals surface area (Å²) in [5, 5.41) is 2.74. The molecule has 1 aromatic carbocycles. The Morgan fingerprint density at radius 1 is 1.14 bits per heavy atom. The molecule has 0 bridgehead atoms. The Labute approximate surface area is 173 Å². The molecule has 2 heterocycles. The molecule has 2 amide bonds. The average Bonchev–Trinajstić information content (AvgIpc) is 2.68. The minimum Gasteiger partial charge on any atom is -0.484 e. The molecule has 1 aliphatic rings. The number of amides is 2. The van der Waals surface area contributed by atoms with Crippen LogP contribution < -0.4 is 10.1 Å². The molecule has 1 aliphatic heterocycles. The van der Waals surface area contributed by atoms with E-state index in [0.717, 1.165) is 23.7 Å².